The summed E-state index contributed by atoms with van der Waals surface area (Å²) in [7, 11) is 1.68. The largest absolute Gasteiger partial charge is 0.419 e. The molecule has 1 unspecified atom stereocenters. The highest BCUT2D eigenvalue weighted by Crippen LogP contribution is 2.18. The molecule has 5 heteroatoms. The van der Waals surface area contributed by atoms with Gasteiger partial charge in [-0.1, -0.05) is 6.92 Å². The van der Waals surface area contributed by atoms with Crippen LogP contribution in [0.5, 0.6) is 0 Å². The van der Waals surface area contributed by atoms with Gasteiger partial charge in [-0.05, 0) is 30.5 Å². The highest BCUT2D eigenvalue weighted by Gasteiger charge is 2.08. The van der Waals surface area contributed by atoms with Crippen molar-refractivity contribution in [2.75, 3.05) is 18.5 Å². The van der Waals surface area contributed by atoms with Gasteiger partial charge in [-0.25, -0.2) is 4.79 Å². The Morgan fingerprint density at radius 2 is 2.28 bits per heavy atom. The molecule has 2 rings (SSSR count). The summed E-state index contributed by atoms with van der Waals surface area (Å²) < 4.78 is 6.54. The Labute approximate surface area is 105 Å². The maximum absolute atomic E-state index is 11.4. The number of benzene rings is 1. The molecule has 2 aromatic rings. The van der Waals surface area contributed by atoms with Gasteiger partial charge >= 0.3 is 5.76 Å². The second-order valence-corrected chi connectivity index (χ2v) is 4.45. The van der Waals surface area contributed by atoms with Gasteiger partial charge < -0.3 is 14.8 Å². The van der Waals surface area contributed by atoms with E-state index >= 15 is 0 Å². The van der Waals surface area contributed by atoms with Crippen LogP contribution in [-0.2, 0) is 7.05 Å². The van der Waals surface area contributed by atoms with Crippen LogP contribution in [0.3, 0.4) is 0 Å². The van der Waals surface area contributed by atoms with E-state index in [9.17, 15) is 4.79 Å². The lowest BCUT2D eigenvalue weighted by atomic mass is 10.1. The van der Waals surface area contributed by atoms with Crippen LogP contribution < -0.4 is 11.1 Å². The van der Waals surface area contributed by atoms with Crippen molar-refractivity contribution >= 4 is 16.8 Å². The van der Waals surface area contributed by atoms with Crippen molar-refractivity contribution in [1.29, 1.82) is 0 Å². The Balaban J connectivity index is 2.19. The summed E-state index contributed by atoms with van der Waals surface area (Å²) in [5.41, 5.74) is 2.27. The van der Waals surface area contributed by atoms with E-state index in [1.54, 1.807) is 13.1 Å². The third kappa shape index (κ3) is 2.41. The van der Waals surface area contributed by atoms with E-state index in [-0.39, 0.29) is 18.3 Å². The van der Waals surface area contributed by atoms with Crippen molar-refractivity contribution in [3.63, 3.8) is 0 Å². The fourth-order valence-corrected chi connectivity index (χ4v) is 1.84. The van der Waals surface area contributed by atoms with Gasteiger partial charge in [0.05, 0.1) is 5.52 Å². The number of aliphatic hydroxyl groups is 1. The third-order valence-corrected chi connectivity index (χ3v) is 3.22. The molecule has 0 amide bonds. The molecule has 0 fully saturated rings. The number of hydrogen-bond donors (Lipinski definition) is 2. The Morgan fingerprint density at radius 1 is 1.50 bits per heavy atom. The van der Waals surface area contributed by atoms with Gasteiger partial charge in [-0.2, -0.15) is 0 Å². The van der Waals surface area contributed by atoms with Crippen molar-refractivity contribution in [3.8, 4) is 0 Å². The average molecular weight is 250 g/mol. The Bertz CT molecular complexity index is 581. The lowest BCUT2D eigenvalue weighted by Gasteiger charge is -2.13. The first-order chi connectivity index (χ1) is 8.65. The van der Waals surface area contributed by atoms with Gasteiger partial charge in [0.2, 0.25) is 0 Å². The number of hydrogen-bond acceptors (Lipinski definition) is 4. The molecule has 0 spiro atoms. The fourth-order valence-electron chi connectivity index (χ4n) is 1.84. The molecule has 0 saturated heterocycles. The van der Waals surface area contributed by atoms with Crippen molar-refractivity contribution < 1.29 is 9.52 Å². The minimum atomic E-state index is -0.357. The number of aliphatic hydroxyl groups excluding tert-OH is 1. The van der Waals surface area contributed by atoms with Crippen LogP contribution in [0.2, 0.25) is 0 Å². The van der Waals surface area contributed by atoms with Gasteiger partial charge in [0.25, 0.3) is 0 Å². The summed E-state index contributed by atoms with van der Waals surface area (Å²) in [5, 5.41) is 12.4. The Hall–Kier alpha value is -1.75. The monoisotopic (exact) mass is 250 g/mol. The standard InChI is InChI=1S/C13H18N2O3/c1-3-9(8-16)7-14-10-4-5-12-11(6-10)15(2)13(17)18-12/h4-6,9,14,16H,3,7-8H2,1-2H3. The molecule has 0 aliphatic rings. The molecule has 1 atom stereocenters. The summed E-state index contributed by atoms with van der Waals surface area (Å²) >= 11 is 0. The van der Waals surface area contributed by atoms with Crippen LogP contribution in [-0.4, -0.2) is 22.8 Å². The van der Waals surface area contributed by atoms with Crippen molar-refractivity contribution in [3.05, 3.63) is 28.7 Å². The lowest BCUT2D eigenvalue weighted by molar-refractivity contribution is 0.230. The first kappa shape index (κ1) is 12.7. The van der Waals surface area contributed by atoms with Crippen LogP contribution in [0, 0.1) is 5.92 Å². The number of aromatic nitrogens is 1. The third-order valence-electron chi connectivity index (χ3n) is 3.22. The van der Waals surface area contributed by atoms with E-state index in [0.717, 1.165) is 17.6 Å². The topological polar surface area (TPSA) is 67.4 Å². The summed E-state index contributed by atoms with van der Waals surface area (Å²) in [6.07, 6.45) is 0.927. The van der Waals surface area contributed by atoms with Gasteiger partial charge in [0, 0.05) is 25.9 Å². The predicted octanol–water partition coefficient (Wildman–Crippen LogP) is 1.56. The van der Waals surface area contributed by atoms with E-state index in [1.807, 2.05) is 19.1 Å². The molecule has 0 radical (unpaired) electrons. The van der Waals surface area contributed by atoms with Gasteiger partial charge in [0.15, 0.2) is 5.58 Å². The highest BCUT2D eigenvalue weighted by atomic mass is 16.4. The number of nitrogens with one attached hydrogen (secondary N) is 1. The Morgan fingerprint density at radius 3 is 2.94 bits per heavy atom. The predicted molar refractivity (Wildman–Crippen MR) is 70.8 cm³/mol. The fraction of sp³-hybridized carbons (Fsp3) is 0.462. The van der Waals surface area contributed by atoms with E-state index < -0.39 is 0 Å². The maximum atomic E-state index is 11.4. The highest BCUT2D eigenvalue weighted by molar-refractivity contribution is 5.77. The summed E-state index contributed by atoms with van der Waals surface area (Å²) in [6, 6.07) is 5.53. The number of nitrogens with zero attached hydrogens (tertiary/aromatic N) is 1. The minimum absolute atomic E-state index is 0.177. The van der Waals surface area contributed by atoms with Gasteiger partial charge in [-0.15, -0.1) is 0 Å². The SMILES string of the molecule is CCC(CO)CNc1ccc2oc(=O)n(C)c2c1. The number of oxazole rings is 1. The van der Waals surface area contributed by atoms with Crippen molar-refractivity contribution in [2.24, 2.45) is 13.0 Å². The summed E-state index contributed by atoms with van der Waals surface area (Å²) in [6.45, 7) is 2.94. The van der Waals surface area contributed by atoms with Crippen LogP contribution in [0.4, 0.5) is 5.69 Å². The maximum Gasteiger partial charge on any atom is 0.419 e. The van der Waals surface area contributed by atoms with Crippen LogP contribution >= 0.6 is 0 Å². The lowest BCUT2D eigenvalue weighted by Crippen LogP contribution is -2.17. The molecule has 1 aromatic carbocycles. The molecule has 0 aliphatic carbocycles. The molecule has 0 saturated carbocycles. The second kappa shape index (κ2) is 5.27. The first-order valence-corrected chi connectivity index (χ1v) is 6.10. The molecule has 1 heterocycles. The van der Waals surface area contributed by atoms with Crippen LogP contribution in [0.1, 0.15) is 13.3 Å². The smallest absolute Gasteiger partial charge is 0.408 e. The van der Waals surface area contributed by atoms with Gasteiger partial charge in [-0.3, -0.25) is 4.57 Å². The number of anilines is 1. The number of rotatable bonds is 5. The van der Waals surface area contributed by atoms with Crippen molar-refractivity contribution in [1.82, 2.24) is 4.57 Å². The van der Waals surface area contributed by atoms with E-state index in [1.165, 1.54) is 4.57 Å². The summed E-state index contributed by atoms with van der Waals surface area (Å²) in [5.74, 6) is -0.113. The molecule has 2 N–H and O–H groups in total. The summed E-state index contributed by atoms with van der Waals surface area (Å²) in [4.78, 5) is 11.4. The molecule has 98 valence electrons. The molecular formula is C13H18N2O3. The van der Waals surface area contributed by atoms with Gasteiger partial charge in [0.1, 0.15) is 0 Å². The zero-order valence-corrected chi connectivity index (χ0v) is 10.6. The number of fused-ring (bicyclic) bond motifs is 1. The van der Waals surface area contributed by atoms with E-state index in [4.69, 9.17) is 9.52 Å². The molecule has 5 nitrogen and oxygen atoms in total. The zero-order chi connectivity index (χ0) is 13.1. The van der Waals surface area contributed by atoms with E-state index in [0.29, 0.717) is 12.1 Å². The first-order valence-electron chi connectivity index (χ1n) is 6.10. The van der Waals surface area contributed by atoms with E-state index in [2.05, 4.69) is 5.32 Å². The molecule has 1 aromatic heterocycles. The molecule has 0 bridgehead atoms. The van der Waals surface area contributed by atoms with Crippen LogP contribution in [0.25, 0.3) is 11.1 Å². The Kier molecular flexibility index (Phi) is 3.72. The van der Waals surface area contributed by atoms with Crippen molar-refractivity contribution in [2.45, 2.75) is 13.3 Å². The quantitative estimate of drug-likeness (QED) is 0.845. The number of aryl methyl sites for hydroxylation is 1. The average Bonchev–Trinajstić information content (AvgIpc) is 2.67. The molecule has 18 heavy (non-hydrogen) atoms. The zero-order valence-electron chi connectivity index (χ0n) is 10.6. The molecule has 0 aliphatic heterocycles. The molecular weight excluding hydrogens is 232 g/mol. The second-order valence-electron chi connectivity index (χ2n) is 4.45. The minimum Gasteiger partial charge on any atom is -0.408 e. The normalized spacial score (nSPS) is 12.8. The van der Waals surface area contributed by atoms with Crippen LogP contribution in [0.15, 0.2) is 27.4 Å².